The van der Waals surface area contributed by atoms with Gasteiger partial charge in [-0.2, -0.15) is 5.26 Å². The third-order valence-electron chi connectivity index (χ3n) is 6.50. The molecular formula is C20H28N4O2. The van der Waals surface area contributed by atoms with Gasteiger partial charge >= 0.3 is 5.97 Å². The molecule has 3 heterocycles. The number of hydrogen-bond donors (Lipinski definition) is 0. The van der Waals surface area contributed by atoms with Crippen LogP contribution < -0.4 is 0 Å². The molecule has 0 aromatic carbocycles. The molecule has 0 radical (unpaired) electrons. The number of hydrogen-bond acceptors (Lipinski definition) is 6. The van der Waals surface area contributed by atoms with E-state index in [1.807, 2.05) is 6.08 Å². The Morgan fingerprint density at radius 3 is 2.77 bits per heavy atom. The summed E-state index contributed by atoms with van der Waals surface area (Å²) < 4.78 is 5.70. The van der Waals surface area contributed by atoms with Crippen LogP contribution in [0.2, 0.25) is 0 Å². The van der Waals surface area contributed by atoms with Crippen LogP contribution >= 0.6 is 0 Å². The van der Waals surface area contributed by atoms with E-state index in [0.29, 0.717) is 0 Å². The summed E-state index contributed by atoms with van der Waals surface area (Å²) in [5, 5.41) is 9.10. The van der Waals surface area contributed by atoms with Crippen LogP contribution in [0.5, 0.6) is 0 Å². The molecule has 0 N–H and O–H groups in total. The van der Waals surface area contributed by atoms with E-state index < -0.39 is 0 Å². The number of carbonyl (C=O) groups excluding carboxylic acids is 1. The molecule has 0 aromatic heterocycles. The average molecular weight is 356 g/mol. The van der Waals surface area contributed by atoms with Crippen LogP contribution in [-0.4, -0.2) is 60.4 Å². The number of ether oxygens (including phenoxy) is 1. The zero-order chi connectivity index (χ0) is 18.0. The Bertz CT molecular complexity index is 637. The maximum absolute atomic E-state index is 12.2. The normalized spacial score (nSPS) is 31.1. The van der Waals surface area contributed by atoms with Gasteiger partial charge in [0.05, 0.1) is 17.4 Å². The molecule has 140 valence electrons. The maximum atomic E-state index is 12.2. The topological polar surface area (TPSA) is 68.9 Å². The van der Waals surface area contributed by atoms with Crippen LogP contribution in [-0.2, 0) is 9.53 Å². The fourth-order valence-electron chi connectivity index (χ4n) is 4.86. The molecule has 0 bridgehead atoms. The van der Waals surface area contributed by atoms with Crippen molar-refractivity contribution in [3.63, 3.8) is 0 Å². The molecule has 4 rings (SSSR count). The number of allylic oxidation sites excluding steroid dienone is 1. The van der Waals surface area contributed by atoms with Crippen molar-refractivity contribution in [2.75, 3.05) is 32.7 Å². The minimum Gasteiger partial charge on any atom is -0.462 e. The average Bonchev–Trinajstić information content (AvgIpc) is 3.28. The summed E-state index contributed by atoms with van der Waals surface area (Å²) in [6.45, 7) is 4.92. The van der Waals surface area contributed by atoms with Crippen molar-refractivity contribution in [1.29, 1.82) is 5.26 Å². The van der Waals surface area contributed by atoms with Gasteiger partial charge in [0, 0.05) is 51.8 Å². The molecule has 2 saturated heterocycles. The Balaban J connectivity index is 1.21. The Labute approximate surface area is 155 Å². The smallest absolute Gasteiger partial charge is 0.312 e. The number of piperazine rings is 1. The van der Waals surface area contributed by atoms with Crippen molar-refractivity contribution in [1.82, 2.24) is 9.80 Å². The van der Waals surface area contributed by atoms with Crippen molar-refractivity contribution in [2.45, 2.75) is 51.0 Å². The Hall–Kier alpha value is -1.87. The molecule has 1 spiro atoms. The number of nitrogens with zero attached hydrogens (tertiary/aromatic N) is 4. The maximum Gasteiger partial charge on any atom is 0.312 e. The molecular weight excluding hydrogens is 328 g/mol. The summed E-state index contributed by atoms with van der Waals surface area (Å²) in [6, 6.07) is 2.31. The third-order valence-corrected chi connectivity index (χ3v) is 6.50. The van der Waals surface area contributed by atoms with Gasteiger partial charge < -0.3 is 9.64 Å². The van der Waals surface area contributed by atoms with Gasteiger partial charge in [-0.1, -0.05) is 12.8 Å². The Morgan fingerprint density at radius 2 is 2.04 bits per heavy atom. The molecule has 0 aromatic rings. The van der Waals surface area contributed by atoms with Gasteiger partial charge in [0.1, 0.15) is 11.9 Å². The summed E-state index contributed by atoms with van der Waals surface area (Å²) in [4.78, 5) is 21.5. The predicted molar refractivity (Wildman–Crippen MR) is 98.3 cm³/mol. The van der Waals surface area contributed by atoms with Crippen molar-refractivity contribution in [3.8, 4) is 6.07 Å². The summed E-state index contributed by atoms with van der Waals surface area (Å²) in [5.41, 5.74) is -0.132. The number of esters is 1. The van der Waals surface area contributed by atoms with Crippen molar-refractivity contribution < 1.29 is 9.53 Å². The third kappa shape index (κ3) is 3.50. The standard InChI is InChI=1S/C20H28N4O2/c21-15-16-3-7-22-18(13-16)24-11-9-23(10-12-24)8-4-17-14-20(19(25)26-17)5-1-2-6-20/h3,7,16-17H,1-2,4-6,8-14H2. The molecule has 4 aliphatic rings. The molecule has 26 heavy (non-hydrogen) atoms. The quantitative estimate of drug-likeness (QED) is 0.726. The molecule has 3 aliphatic heterocycles. The minimum absolute atomic E-state index is 0.0412. The van der Waals surface area contributed by atoms with E-state index in [1.165, 1.54) is 12.8 Å². The minimum atomic E-state index is -0.132. The van der Waals surface area contributed by atoms with Crippen LogP contribution in [0.3, 0.4) is 0 Å². The first-order chi connectivity index (χ1) is 12.7. The number of aliphatic imine (C=N–C) groups is 1. The Kier molecular flexibility index (Phi) is 4.99. The molecule has 3 fully saturated rings. The van der Waals surface area contributed by atoms with E-state index in [4.69, 9.17) is 10.00 Å². The summed E-state index contributed by atoms with van der Waals surface area (Å²) >= 11 is 0. The Morgan fingerprint density at radius 1 is 1.27 bits per heavy atom. The second-order valence-corrected chi connectivity index (χ2v) is 8.16. The lowest BCUT2D eigenvalue weighted by atomic mass is 9.83. The number of nitriles is 1. The van der Waals surface area contributed by atoms with Gasteiger partial charge in [0.15, 0.2) is 0 Å². The zero-order valence-corrected chi connectivity index (χ0v) is 15.4. The van der Waals surface area contributed by atoms with Crippen LogP contribution in [0.4, 0.5) is 0 Å². The van der Waals surface area contributed by atoms with Gasteiger partial charge in [0.25, 0.3) is 0 Å². The first kappa shape index (κ1) is 17.5. The van der Waals surface area contributed by atoms with E-state index in [0.717, 1.165) is 70.7 Å². The van der Waals surface area contributed by atoms with E-state index in [-0.39, 0.29) is 23.4 Å². The molecule has 6 heteroatoms. The van der Waals surface area contributed by atoms with E-state index >= 15 is 0 Å². The van der Waals surface area contributed by atoms with Crippen LogP contribution in [0.15, 0.2) is 17.3 Å². The largest absolute Gasteiger partial charge is 0.462 e. The predicted octanol–water partition coefficient (Wildman–Crippen LogP) is 2.33. The summed E-state index contributed by atoms with van der Waals surface area (Å²) in [6.07, 6.45) is 10.8. The lowest BCUT2D eigenvalue weighted by Crippen LogP contribution is -2.49. The number of carbonyl (C=O) groups is 1. The van der Waals surface area contributed by atoms with E-state index in [9.17, 15) is 4.79 Å². The van der Waals surface area contributed by atoms with Gasteiger partial charge in [-0.05, 0) is 25.3 Å². The van der Waals surface area contributed by atoms with Crippen LogP contribution in [0.1, 0.15) is 44.9 Å². The number of rotatable bonds is 3. The SMILES string of the molecule is N#CC1C=CN=C(N2CCN(CCC3CC4(CCCC4)C(=O)O3)CC2)C1. The van der Waals surface area contributed by atoms with Gasteiger partial charge in [-0.3, -0.25) is 9.69 Å². The first-order valence-corrected chi connectivity index (χ1v) is 10.00. The van der Waals surface area contributed by atoms with Crippen molar-refractivity contribution in [3.05, 3.63) is 12.3 Å². The second-order valence-electron chi connectivity index (χ2n) is 8.16. The first-order valence-electron chi connectivity index (χ1n) is 10.00. The number of amidine groups is 1. The van der Waals surface area contributed by atoms with Crippen LogP contribution in [0.25, 0.3) is 0 Å². The summed E-state index contributed by atoms with van der Waals surface area (Å²) in [5.74, 6) is 1.08. The molecule has 1 aliphatic carbocycles. The van der Waals surface area contributed by atoms with Crippen molar-refractivity contribution >= 4 is 11.8 Å². The summed E-state index contributed by atoms with van der Waals surface area (Å²) in [7, 11) is 0. The van der Waals surface area contributed by atoms with Gasteiger partial charge in [-0.15, -0.1) is 0 Å². The van der Waals surface area contributed by atoms with Crippen molar-refractivity contribution in [2.24, 2.45) is 16.3 Å². The van der Waals surface area contributed by atoms with Crippen LogP contribution in [0, 0.1) is 22.7 Å². The molecule has 1 saturated carbocycles. The van der Waals surface area contributed by atoms with Gasteiger partial charge in [-0.25, -0.2) is 4.99 Å². The van der Waals surface area contributed by atoms with E-state index in [1.54, 1.807) is 6.20 Å². The lowest BCUT2D eigenvalue weighted by Gasteiger charge is -2.37. The monoisotopic (exact) mass is 356 g/mol. The molecule has 0 amide bonds. The zero-order valence-electron chi connectivity index (χ0n) is 15.4. The second kappa shape index (κ2) is 7.40. The highest BCUT2D eigenvalue weighted by atomic mass is 16.6. The lowest BCUT2D eigenvalue weighted by molar-refractivity contribution is -0.148. The highest BCUT2D eigenvalue weighted by Gasteiger charge is 2.50. The molecule has 2 unspecified atom stereocenters. The highest BCUT2D eigenvalue weighted by molar-refractivity contribution is 5.84. The van der Waals surface area contributed by atoms with E-state index in [2.05, 4.69) is 20.9 Å². The van der Waals surface area contributed by atoms with Gasteiger partial charge in [0.2, 0.25) is 0 Å². The number of cyclic esters (lactones) is 1. The highest BCUT2D eigenvalue weighted by Crippen LogP contribution is 2.48. The molecule has 6 nitrogen and oxygen atoms in total. The fraction of sp³-hybridized carbons (Fsp3) is 0.750. The molecule has 2 atom stereocenters. The fourth-order valence-corrected chi connectivity index (χ4v) is 4.86.